The van der Waals surface area contributed by atoms with Gasteiger partial charge in [0.05, 0.1) is 12.8 Å². The van der Waals surface area contributed by atoms with Crippen molar-refractivity contribution in [3.05, 3.63) is 47.5 Å². The Morgan fingerprint density at radius 2 is 1.84 bits per heavy atom. The molecule has 1 heterocycles. The number of nitrogen functional groups attached to an aromatic ring is 1. The van der Waals surface area contributed by atoms with Gasteiger partial charge in [-0.25, -0.2) is 0 Å². The number of rotatable bonds is 4. The highest BCUT2D eigenvalue weighted by Gasteiger charge is 2.09. The smallest absolute Gasteiger partial charge is 0.215 e. The number of methoxy groups -OCH3 is 1. The van der Waals surface area contributed by atoms with E-state index in [-0.39, 0.29) is 0 Å². The number of benzene rings is 1. The van der Waals surface area contributed by atoms with E-state index >= 15 is 0 Å². The van der Waals surface area contributed by atoms with Crippen molar-refractivity contribution in [3.63, 3.8) is 0 Å². The van der Waals surface area contributed by atoms with Crippen molar-refractivity contribution in [1.29, 1.82) is 0 Å². The van der Waals surface area contributed by atoms with Crippen LogP contribution in [-0.2, 0) is 6.54 Å². The summed E-state index contributed by atoms with van der Waals surface area (Å²) in [4.78, 5) is 6.40. The van der Waals surface area contributed by atoms with Crippen LogP contribution in [0.3, 0.4) is 0 Å². The Hall–Kier alpha value is -2.23. The maximum atomic E-state index is 5.96. The lowest BCUT2D eigenvalue weighted by Crippen LogP contribution is -2.19. The zero-order valence-corrected chi connectivity index (χ0v) is 11.6. The Balaban J connectivity index is 2.19. The van der Waals surface area contributed by atoms with Gasteiger partial charge in [-0.15, -0.1) is 0 Å². The third-order valence-corrected chi connectivity index (χ3v) is 2.99. The van der Waals surface area contributed by atoms with E-state index < -0.39 is 0 Å². The highest BCUT2D eigenvalue weighted by molar-refractivity contribution is 5.63. The number of hydrogen-bond donors (Lipinski definition) is 1. The van der Waals surface area contributed by atoms with E-state index in [1.54, 1.807) is 13.2 Å². The van der Waals surface area contributed by atoms with Crippen LogP contribution in [0.15, 0.2) is 36.4 Å². The Morgan fingerprint density at radius 1 is 1.16 bits per heavy atom. The van der Waals surface area contributed by atoms with Crippen molar-refractivity contribution in [3.8, 4) is 5.88 Å². The van der Waals surface area contributed by atoms with Crippen molar-refractivity contribution in [2.75, 3.05) is 24.8 Å². The number of pyridine rings is 1. The second-order valence-electron chi connectivity index (χ2n) is 4.61. The molecule has 0 radical (unpaired) electrons. The molecule has 100 valence electrons. The van der Waals surface area contributed by atoms with E-state index in [0.717, 1.165) is 12.4 Å². The first kappa shape index (κ1) is 13.2. The predicted octanol–water partition coefficient (Wildman–Crippen LogP) is 2.62. The largest absolute Gasteiger partial charge is 0.481 e. The fourth-order valence-electron chi connectivity index (χ4n) is 1.90. The minimum absolute atomic E-state index is 0.569. The van der Waals surface area contributed by atoms with Gasteiger partial charge < -0.3 is 15.4 Å². The van der Waals surface area contributed by atoms with Gasteiger partial charge in [0.1, 0.15) is 0 Å². The molecule has 0 bridgehead atoms. The number of aromatic nitrogens is 1. The molecule has 0 aliphatic carbocycles. The molecule has 2 N–H and O–H groups in total. The maximum absolute atomic E-state index is 5.96. The average Bonchev–Trinajstić information content (AvgIpc) is 2.42. The van der Waals surface area contributed by atoms with Crippen LogP contribution in [0.2, 0.25) is 0 Å². The molecule has 0 spiro atoms. The van der Waals surface area contributed by atoms with Crippen molar-refractivity contribution < 1.29 is 4.74 Å². The standard InChI is InChI=1S/C15H19N3O/c1-11-4-6-12(7-5-11)10-18(2)15-13(16)8-9-14(17-15)19-3/h4-9H,10,16H2,1-3H3. The SMILES string of the molecule is COc1ccc(N)c(N(C)Cc2ccc(C)cc2)n1. The summed E-state index contributed by atoms with van der Waals surface area (Å²) in [7, 11) is 3.57. The number of aryl methyl sites for hydroxylation is 1. The van der Waals surface area contributed by atoms with Crippen LogP contribution >= 0.6 is 0 Å². The molecule has 0 saturated carbocycles. The third kappa shape index (κ3) is 3.16. The zero-order chi connectivity index (χ0) is 13.8. The molecule has 4 nitrogen and oxygen atoms in total. The lowest BCUT2D eigenvalue weighted by Gasteiger charge is -2.20. The fraction of sp³-hybridized carbons (Fsp3) is 0.267. The van der Waals surface area contributed by atoms with E-state index in [1.165, 1.54) is 11.1 Å². The van der Waals surface area contributed by atoms with Gasteiger partial charge in [-0.2, -0.15) is 4.98 Å². The number of nitrogens with zero attached hydrogens (tertiary/aromatic N) is 2. The van der Waals surface area contributed by atoms with Crippen LogP contribution < -0.4 is 15.4 Å². The average molecular weight is 257 g/mol. The summed E-state index contributed by atoms with van der Waals surface area (Å²) in [6.07, 6.45) is 0. The first-order chi connectivity index (χ1) is 9.10. The quantitative estimate of drug-likeness (QED) is 0.914. The summed E-state index contributed by atoms with van der Waals surface area (Å²) in [6.45, 7) is 2.83. The van der Waals surface area contributed by atoms with Gasteiger partial charge >= 0.3 is 0 Å². The van der Waals surface area contributed by atoms with Crippen LogP contribution in [-0.4, -0.2) is 19.1 Å². The van der Waals surface area contributed by atoms with E-state index in [4.69, 9.17) is 10.5 Å². The molecule has 0 aliphatic heterocycles. The Labute approximate surface area is 113 Å². The fourth-order valence-corrected chi connectivity index (χ4v) is 1.90. The van der Waals surface area contributed by atoms with E-state index in [2.05, 4.69) is 36.2 Å². The minimum Gasteiger partial charge on any atom is -0.481 e. The summed E-state index contributed by atoms with van der Waals surface area (Å²) in [5.74, 6) is 1.31. The van der Waals surface area contributed by atoms with Crippen molar-refractivity contribution in [2.24, 2.45) is 0 Å². The number of ether oxygens (including phenoxy) is 1. The molecule has 19 heavy (non-hydrogen) atoms. The monoisotopic (exact) mass is 257 g/mol. The van der Waals surface area contributed by atoms with Gasteiger partial charge in [-0.3, -0.25) is 0 Å². The molecule has 0 saturated heterocycles. The summed E-state index contributed by atoms with van der Waals surface area (Å²) < 4.78 is 5.13. The van der Waals surface area contributed by atoms with Gasteiger partial charge in [0, 0.05) is 19.7 Å². The molecule has 2 rings (SSSR count). The maximum Gasteiger partial charge on any atom is 0.215 e. The van der Waals surface area contributed by atoms with Crippen LogP contribution in [0, 0.1) is 6.92 Å². The van der Waals surface area contributed by atoms with Crippen LogP contribution in [0.1, 0.15) is 11.1 Å². The van der Waals surface area contributed by atoms with E-state index in [0.29, 0.717) is 11.6 Å². The first-order valence-corrected chi connectivity index (χ1v) is 6.17. The van der Waals surface area contributed by atoms with Gasteiger partial charge in [0.2, 0.25) is 5.88 Å². The van der Waals surface area contributed by atoms with Gasteiger partial charge in [-0.05, 0) is 18.6 Å². The number of hydrogen-bond acceptors (Lipinski definition) is 4. The molecule has 0 fully saturated rings. The molecule has 1 aromatic heterocycles. The molecule has 0 unspecified atom stereocenters. The Morgan fingerprint density at radius 3 is 2.47 bits per heavy atom. The van der Waals surface area contributed by atoms with E-state index in [9.17, 15) is 0 Å². The second-order valence-corrected chi connectivity index (χ2v) is 4.61. The summed E-state index contributed by atoms with van der Waals surface area (Å²) in [6, 6.07) is 12.0. The molecular formula is C15H19N3O. The topological polar surface area (TPSA) is 51.4 Å². The van der Waals surface area contributed by atoms with Crippen LogP contribution in [0.5, 0.6) is 5.88 Å². The summed E-state index contributed by atoms with van der Waals surface area (Å²) >= 11 is 0. The number of anilines is 2. The molecule has 0 amide bonds. The Bertz CT molecular complexity index is 552. The first-order valence-electron chi connectivity index (χ1n) is 6.17. The molecule has 0 atom stereocenters. The second kappa shape index (κ2) is 5.61. The van der Waals surface area contributed by atoms with Gasteiger partial charge in [0.25, 0.3) is 0 Å². The third-order valence-electron chi connectivity index (χ3n) is 2.99. The Kier molecular flexibility index (Phi) is 3.90. The van der Waals surface area contributed by atoms with Crippen molar-refractivity contribution in [1.82, 2.24) is 4.98 Å². The molecule has 1 aromatic carbocycles. The molecule has 4 heteroatoms. The summed E-state index contributed by atoms with van der Waals surface area (Å²) in [5.41, 5.74) is 9.09. The summed E-state index contributed by atoms with van der Waals surface area (Å²) in [5, 5.41) is 0. The molecular weight excluding hydrogens is 238 g/mol. The predicted molar refractivity (Wildman–Crippen MR) is 78.5 cm³/mol. The molecule has 2 aromatic rings. The van der Waals surface area contributed by atoms with Crippen LogP contribution in [0.25, 0.3) is 0 Å². The number of nitrogens with two attached hydrogens (primary N) is 1. The zero-order valence-electron chi connectivity index (χ0n) is 11.6. The van der Waals surface area contributed by atoms with Crippen LogP contribution in [0.4, 0.5) is 11.5 Å². The van der Waals surface area contributed by atoms with Gasteiger partial charge in [0.15, 0.2) is 5.82 Å². The lowest BCUT2D eigenvalue weighted by atomic mass is 10.1. The molecule has 0 aliphatic rings. The van der Waals surface area contributed by atoms with E-state index in [1.807, 2.05) is 18.0 Å². The minimum atomic E-state index is 0.569. The van der Waals surface area contributed by atoms with Gasteiger partial charge in [-0.1, -0.05) is 29.8 Å². The lowest BCUT2D eigenvalue weighted by molar-refractivity contribution is 0.398. The normalized spacial score (nSPS) is 10.3. The van der Waals surface area contributed by atoms with Crippen molar-refractivity contribution in [2.45, 2.75) is 13.5 Å². The highest BCUT2D eigenvalue weighted by atomic mass is 16.5. The highest BCUT2D eigenvalue weighted by Crippen LogP contribution is 2.24. The van der Waals surface area contributed by atoms with Crippen molar-refractivity contribution >= 4 is 11.5 Å².